The van der Waals surface area contributed by atoms with Crippen LogP contribution >= 0.6 is 7.67 Å². The quantitative estimate of drug-likeness (QED) is 0.308. The topological polar surface area (TPSA) is 92.5 Å². The number of hydrogen-bond acceptors (Lipinski definition) is 3. The molecule has 2 N–H and O–H groups in total. The molecule has 6 nitrogen and oxygen atoms in total. The van der Waals surface area contributed by atoms with E-state index in [1.54, 1.807) is 5.09 Å². The zero-order valence-electron chi connectivity index (χ0n) is 4.07. The van der Waals surface area contributed by atoms with E-state index < -0.39 is 12.4 Å². The van der Waals surface area contributed by atoms with Crippen LogP contribution in [-0.2, 0) is 4.57 Å². The van der Waals surface area contributed by atoms with Gasteiger partial charge in [-0.3, -0.25) is 15.0 Å². The van der Waals surface area contributed by atoms with Gasteiger partial charge in [-0.05, 0) is 7.05 Å². The van der Waals surface area contributed by atoms with Crippen molar-refractivity contribution in [3.63, 3.8) is 0 Å². The smallest absolute Gasteiger partial charge is 0.278 e. The van der Waals surface area contributed by atoms with Crippen LogP contribution in [0.2, 0.25) is 0 Å². The highest BCUT2D eigenvalue weighted by molar-refractivity contribution is 7.49. The lowest BCUT2D eigenvalue weighted by Crippen LogP contribution is -2.09. The third kappa shape index (κ3) is 1.57. The van der Waals surface area contributed by atoms with Gasteiger partial charge in [0.15, 0.2) is 0 Å². The van der Waals surface area contributed by atoms with E-state index >= 15 is 0 Å². The molecule has 0 aliphatic carbocycles. The first kappa shape index (κ1) is 7.55. The molecule has 0 bridgehead atoms. The number of nitrogens with zero attached hydrogens (tertiary/aromatic N) is 1. The molecule has 0 heterocycles. The minimum Gasteiger partial charge on any atom is -0.278 e. The summed E-state index contributed by atoms with van der Waals surface area (Å²) < 4.78 is 8.77. The zero-order chi connectivity index (χ0) is 6.78. The summed E-state index contributed by atoms with van der Waals surface area (Å²) in [6.45, 7) is 0. The summed E-state index contributed by atoms with van der Waals surface area (Å²) in [5.41, 5.74) is 0. The summed E-state index contributed by atoms with van der Waals surface area (Å²) in [6.07, 6.45) is 0. The SMILES string of the molecule is CNP(=O)(O)[N+](=O)[O-]. The van der Waals surface area contributed by atoms with Crippen LogP contribution in [-0.4, -0.2) is 16.6 Å². The van der Waals surface area contributed by atoms with Gasteiger partial charge in [-0.2, -0.15) is 9.65 Å². The summed E-state index contributed by atoms with van der Waals surface area (Å²) in [6, 6.07) is 0. The van der Waals surface area contributed by atoms with E-state index in [1.807, 2.05) is 0 Å². The Morgan fingerprint density at radius 1 is 1.88 bits per heavy atom. The van der Waals surface area contributed by atoms with Crippen LogP contribution in [0.1, 0.15) is 0 Å². The minimum absolute atomic E-state index is 1.05. The van der Waals surface area contributed by atoms with Crippen LogP contribution in [0.3, 0.4) is 0 Å². The van der Waals surface area contributed by atoms with Crippen molar-refractivity contribution in [3.8, 4) is 0 Å². The van der Waals surface area contributed by atoms with Crippen LogP contribution in [0.15, 0.2) is 0 Å². The molecule has 0 radical (unpaired) electrons. The Hall–Kier alpha value is -0.450. The van der Waals surface area contributed by atoms with E-state index in [9.17, 15) is 14.7 Å². The van der Waals surface area contributed by atoms with Gasteiger partial charge in [0.05, 0.1) is 0 Å². The van der Waals surface area contributed by atoms with Crippen LogP contribution in [0.4, 0.5) is 0 Å². The van der Waals surface area contributed by atoms with Crippen LogP contribution in [0, 0.1) is 10.1 Å². The zero-order valence-corrected chi connectivity index (χ0v) is 4.96. The van der Waals surface area contributed by atoms with Gasteiger partial charge in [0.1, 0.15) is 4.69 Å². The van der Waals surface area contributed by atoms with E-state index in [2.05, 4.69) is 0 Å². The average Bonchev–Trinajstić information content (AvgIpc) is 1.67. The van der Waals surface area contributed by atoms with E-state index in [0.717, 1.165) is 7.05 Å². The number of nitro groups is 1. The number of hydrogen-bond donors (Lipinski definition) is 2. The van der Waals surface area contributed by atoms with Crippen molar-refractivity contribution in [2.75, 3.05) is 7.05 Å². The summed E-state index contributed by atoms with van der Waals surface area (Å²) in [5, 5.41) is 11.1. The van der Waals surface area contributed by atoms with Crippen molar-refractivity contribution in [3.05, 3.63) is 10.1 Å². The first-order valence-corrected chi connectivity index (χ1v) is 3.28. The normalized spacial score (nSPS) is 17.2. The molecule has 7 heteroatoms. The molecule has 0 aromatic rings. The van der Waals surface area contributed by atoms with Gasteiger partial charge < -0.3 is 0 Å². The molecule has 0 aromatic carbocycles. The van der Waals surface area contributed by atoms with Crippen LogP contribution < -0.4 is 5.09 Å². The first-order chi connectivity index (χ1) is 3.50. The van der Waals surface area contributed by atoms with E-state index in [-0.39, 0.29) is 0 Å². The summed E-state index contributed by atoms with van der Waals surface area (Å²) in [7, 11) is -3.23. The van der Waals surface area contributed by atoms with Gasteiger partial charge >= 0.3 is 7.67 Å². The van der Waals surface area contributed by atoms with Gasteiger partial charge in [0.25, 0.3) is 0 Å². The molecule has 0 rings (SSSR count). The summed E-state index contributed by atoms with van der Waals surface area (Å²) in [5.74, 6) is 0. The minimum atomic E-state index is -4.27. The molecule has 0 aliphatic heterocycles. The average molecular weight is 140 g/mol. The van der Waals surface area contributed by atoms with Gasteiger partial charge in [-0.1, -0.05) is 0 Å². The number of rotatable bonds is 2. The Bertz CT molecular complexity index is 143. The molecule has 48 valence electrons. The molecule has 0 amide bonds. The lowest BCUT2D eigenvalue weighted by molar-refractivity contribution is -0.329. The molecule has 0 aromatic heterocycles. The molecule has 1 unspecified atom stereocenters. The maximum Gasteiger partial charge on any atom is 0.587 e. The maximum absolute atomic E-state index is 10.0. The third-order valence-corrected chi connectivity index (χ3v) is 1.54. The standard InChI is InChI=1S/CH5N2O4P/c1-2-8(6,7)3(4)5/h1H3,(H2,2,6,7). The maximum atomic E-state index is 10.0. The highest BCUT2D eigenvalue weighted by atomic mass is 31.2. The molecule has 0 saturated heterocycles. The third-order valence-electron chi connectivity index (χ3n) is 0.513. The predicted octanol–water partition coefficient (Wildman–Crippen LogP) is -0.417. The molecule has 0 spiro atoms. The van der Waals surface area contributed by atoms with Crippen molar-refractivity contribution in [2.24, 2.45) is 0 Å². The second-order valence-electron chi connectivity index (χ2n) is 1.01. The van der Waals surface area contributed by atoms with Gasteiger partial charge in [-0.25, -0.2) is 0 Å². The molecule has 8 heavy (non-hydrogen) atoms. The second kappa shape index (κ2) is 2.21. The number of nitrogens with one attached hydrogen (secondary N) is 1. The van der Waals surface area contributed by atoms with E-state index in [4.69, 9.17) is 4.89 Å². The first-order valence-electron chi connectivity index (χ1n) is 1.67. The molecule has 0 aliphatic rings. The lowest BCUT2D eigenvalue weighted by Gasteiger charge is -1.95. The van der Waals surface area contributed by atoms with Gasteiger partial charge in [0.2, 0.25) is 0 Å². The molecular weight excluding hydrogens is 135 g/mol. The molecule has 0 fully saturated rings. The van der Waals surface area contributed by atoms with Crippen LogP contribution in [0.5, 0.6) is 0 Å². The predicted molar refractivity (Wildman–Crippen MR) is 25.9 cm³/mol. The molecule has 0 saturated carbocycles. The fourth-order valence-electron chi connectivity index (χ4n) is 0.0816. The highest BCUT2D eigenvalue weighted by Crippen LogP contribution is 2.33. The van der Waals surface area contributed by atoms with Crippen molar-refractivity contribution in [1.29, 1.82) is 0 Å². The van der Waals surface area contributed by atoms with Crippen molar-refractivity contribution < 1.29 is 14.2 Å². The summed E-state index contributed by atoms with van der Waals surface area (Å²) in [4.78, 5) is 17.6. The van der Waals surface area contributed by atoms with E-state index in [1.165, 1.54) is 0 Å². The Labute approximate surface area is 45.2 Å². The van der Waals surface area contributed by atoms with Crippen molar-refractivity contribution in [1.82, 2.24) is 5.09 Å². The molecular formula is CH5N2O4P. The fraction of sp³-hybridized carbons (Fsp3) is 1.00. The Morgan fingerprint density at radius 2 is 2.25 bits per heavy atom. The van der Waals surface area contributed by atoms with E-state index in [0.29, 0.717) is 0 Å². The Kier molecular flexibility index (Phi) is 2.09. The monoisotopic (exact) mass is 140 g/mol. The summed E-state index contributed by atoms with van der Waals surface area (Å²) >= 11 is 0. The second-order valence-corrected chi connectivity index (χ2v) is 2.87. The Morgan fingerprint density at radius 3 is 2.25 bits per heavy atom. The van der Waals surface area contributed by atoms with Gasteiger partial charge in [-0.15, -0.1) is 0 Å². The largest absolute Gasteiger partial charge is 0.587 e. The van der Waals surface area contributed by atoms with Crippen LogP contribution in [0.25, 0.3) is 0 Å². The lowest BCUT2D eigenvalue weighted by atomic mass is 11.6. The van der Waals surface area contributed by atoms with Crippen molar-refractivity contribution in [2.45, 2.75) is 0 Å². The Balaban J connectivity index is 4.15. The van der Waals surface area contributed by atoms with Gasteiger partial charge in [0, 0.05) is 0 Å². The highest BCUT2D eigenvalue weighted by Gasteiger charge is 2.30. The molecule has 1 atom stereocenters. The fourth-order valence-corrected chi connectivity index (χ4v) is 0.245. The van der Waals surface area contributed by atoms with Crippen molar-refractivity contribution >= 4 is 7.67 Å².